The van der Waals surface area contributed by atoms with E-state index in [1.165, 1.54) is 25.7 Å². The van der Waals surface area contributed by atoms with E-state index in [4.69, 9.17) is 4.52 Å². The molecule has 0 bridgehead atoms. The summed E-state index contributed by atoms with van der Waals surface area (Å²) < 4.78 is 5.47. The van der Waals surface area contributed by atoms with Crippen molar-refractivity contribution in [3.63, 3.8) is 0 Å². The Morgan fingerprint density at radius 2 is 2.21 bits per heavy atom. The van der Waals surface area contributed by atoms with Crippen LogP contribution < -0.4 is 5.32 Å². The van der Waals surface area contributed by atoms with Gasteiger partial charge in [-0.3, -0.25) is 0 Å². The number of nitrogens with zero attached hydrogens (tertiary/aromatic N) is 2. The third kappa shape index (κ3) is 3.28. The van der Waals surface area contributed by atoms with Crippen molar-refractivity contribution in [2.24, 2.45) is 0 Å². The van der Waals surface area contributed by atoms with Crippen molar-refractivity contribution >= 4 is 23.5 Å². The summed E-state index contributed by atoms with van der Waals surface area (Å²) in [6.45, 7) is 0. The monoisotopic (exact) mass is 299 g/mol. The second-order valence-corrected chi connectivity index (χ2v) is 7.67. The lowest BCUT2D eigenvalue weighted by molar-refractivity contribution is 0.341. The molecule has 0 amide bonds. The fourth-order valence-electron chi connectivity index (χ4n) is 2.81. The number of thioether (sulfide) groups is 2. The van der Waals surface area contributed by atoms with Crippen LogP contribution in [0.15, 0.2) is 4.52 Å². The molecule has 1 saturated carbocycles. The molecule has 0 aromatic carbocycles. The summed E-state index contributed by atoms with van der Waals surface area (Å²) in [4.78, 5) is 4.60. The zero-order valence-electron chi connectivity index (χ0n) is 11.3. The van der Waals surface area contributed by atoms with Crippen molar-refractivity contribution in [3.05, 3.63) is 11.7 Å². The Labute approximate surface area is 122 Å². The first-order chi connectivity index (χ1) is 9.36. The molecule has 19 heavy (non-hydrogen) atoms. The third-order valence-electron chi connectivity index (χ3n) is 4.00. The van der Waals surface area contributed by atoms with Crippen LogP contribution >= 0.6 is 23.5 Å². The zero-order chi connectivity index (χ0) is 13.1. The summed E-state index contributed by atoms with van der Waals surface area (Å²) >= 11 is 3.95. The molecular weight excluding hydrogens is 278 g/mol. The van der Waals surface area contributed by atoms with Crippen LogP contribution in [0.1, 0.15) is 43.3 Å². The minimum atomic E-state index is 0.382. The first-order valence-electron chi connectivity index (χ1n) is 7.06. The lowest BCUT2D eigenvalue weighted by atomic mass is 10.0. The molecule has 1 saturated heterocycles. The third-order valence-corrected chi connectivity index (χ3v) is 6.56. The van der Waals surface area contributed by atoms with Crippen LogP contribution in [0.25, 0.3) is 0 Å². The van der Waals surface area contributed by atoms with E-state index in [1.807, 2.05) is 30.6 Å². The summed E-state index contributed by atoms with van der Waals surface area (Å²) in [6.07, 6.45) is 5.49. The van der Waals surface area contributed by atoms with Gasteiger partial charge >= 0.3 is 0 Å². The van der Waals surface area contributed by atoms with Crippen LogP contribution in [0.5, 0.6) is 0 Å². The molecule has 1 N–H and O–H groups in total. The molecule has 2 atom stereocenters. The summed E-state index contributed by atoms with van der Waals surface area (Å²) in [7, 11) is 2.01. The number of hydrogen-bond donors (Lipinski definition) is 1. The fourth-order valence-corrected chi connectivity index (χ4v) is 5.39. The predicted molar refractivity (Wildman–Crippen MR) is 80.8 cm³/mol. The molecule has 0 radical (unpaired) electrons. The van der Waals surface area contributed by atoms with E-state index in [9.17, 15) is 0 Å². The van der Waals surface area contributed by atoms with Crippen molar-refractivity contribution in [1.29, 1.82) is 0 Å². The minimum Gasteiger partial charge on any atom is -0.339 e. The van der Waals surface area contributed by atoms with Crippen molar-refractivity contribution in [2.75, 3.05) is 18.6 Å². The molecule has 3 rings (SSSR count). The number of likely N-dealkylation sites (N-methyl/N-ethyl adjacent to an activating group) is 1. The summed E-state index contributed by atoms with van der Waals surface area (Å²) in [5, 5.41) is 8.31. The van der Waals surface area contributed by atoms with E-state index < -0.39 is 0 Å². The van der Waals surface area contributed by atoms with Gasteiger partial charge in [0, 0.05) is 22.8 Å². The van der Waals surface area contributed by atoms with E-state index >= 15 is 0 Å². The Kier molecular flexibility index (Phi) is 4.71. The Bertz CT molecular complexity index is 406. The van der Waals surface area contributed by atoms with Crippen LogP contribution in [0, 0.1) is 0 Å². The second-order valence-electron chi connectivity index (χ2n) is 5.31. The predicted octanol–water partition coefficient (Wildman–Crippen LogP) is 2.66. The van der Waals surface area contributed by atoms with Gasteiger partial charge in [-0.25, -0.2) is 0 Å². The van der Waals surface area contributed by atoms with Crippen LogP contribution in [0.3, 0.4) is 0 Å². The van der Waals surface area contributed by atoms with Gasteiger partial charge in [-0.1, -0.05) is 18.0 Å². The molecule has 2 fully saturated rings. The Morgan fingerprint density at radius 3 is 3.00 bits per heavy atom. The molecule has 0 spiro atoms. The molecule has 2 heterocycles. The van der Waals surface area contributed by atoms with Crippen molar-refractivity contribution in [3.8, 4) is 0 Å². The van der Waals surface area contributed by atoms with E-state index in [1.54, 1.807) is 0 Å². The van der Waals surface area contributed by atoms with Gasteiger partial charge in [-0.2, -0.15) is 28.5 Å². The minimum absolute atomic E-state index is 0.382. The number of nitrogens with one attached hydrogen (secondary N) is 1. The van der Waals surface area contributed by atoms with Crippen LogP contribution in [-0.2, 0) is 5.75 Å². The molecule has 2 unspecified atom stereocenters. The van der Waals surface area contributed by atoms with Gasteiger partial charge in [0.1, 0.15) is 0 Å². The standard InChI is InChI=1S/C13H21N3OS2/c1-14-11-7-18-6-10(11)13-15-12(16-17-13)8-19-9-4-2-3-5-9/h9-11,14H,2-8H2,1H3. The van der Waals surface area contributed by atoms with Crippen LogP contribution in [0.4, 0.5) is 0 Å². The largest absolute Gasteiger partial charge is 0.339 e. The first-order valence-corrected chi connectivity index (χ1v) is 9.26. The van der Waals surface area contributed by atoms with Gasteiger partial charge in [-0.15, -0.1) is 0 Å². The highest BCUT2D eigenvalue weighted by Crippen LogP contribution is 2.33. The first kappa shape index (κ1) is 13.8. The van der Waals surface area contributed by atoms with Gasteiger partial charge in [-0.05, 0) is 19.9 Å². The Hall–Kier alpha value is -0.200. The number of rotatable bonds is 5. The molecule has 1 aliphatic carbocycles. The lowest BCUT2D eigenvalue weighted by Crippen LogP contribution is -2.31. The molecule has 106 valence electrons. The summed E-state index contributed by atoms with van der Waals surface area (Å²) in [5.74, 6) is 5.20. The van der Waals surface area contributed by atoms with E-state index in [0.717, 1.165) is 34.2 Å². The quantitative estimate of drug-likeness (QED) is 0.902. The molecule has 1 aromatic heterocycles. The normalized spacial score (nSPS) is 28.3. The Morgan fingerprint density at radius 1 is 1.37 bits per heavy atom. The van der Waals surface area contributed by atoms with E-state index in [-0.39, 0.29) is 0 Å². The molecule has 1 aliphatic heterocycles. The SMILES string of the molecule is CNC1CSCC1c1nc(CSC2CCCC2)no1. The molecule has 4 nitrogen and oxygen atoms in total. The van der Waals surface area contributed by atoms with Gasteiger partial charge in [0.2, 0.25) is 5.89 Å². The molecule has 1 aromatic rings. The smallest absolute Gasteiger partial charge is 0.232 e. The van der Waals surface area contributed by atoms with Crippen molar-refractivity contribution < 1.29 is 4.52 Å². The Balaban J connectivity index is 1.56. The summed E-state index contributed by atoms with van der Waals surface area (Å²) in [6, 6.07) is 0.473. The molecule has 6 heteroatoms. The second kappa shape index (κ2) is 6.50. The summed E-state index contributed by atoms with van der Waals surface area (Å²) in [5.41, 5.74) is 0. The van der Waals surface area contributed by atoms with E-state index in [2.05, 4.69) is 15.5 Å². The van der Waals surface area contributed by atoms with Gasteiger partial charge < -0.3 is 9.84 Å². The average molecular weight is 299 g/mol. The highest BCUT2D eigenvalue weighted by molar-refractivity contribution is 7.99. The van der Waals surface area contributed by atoms with E-state index in [0.29, 0.717) is 12.0 Å². The lowest BCUT2D eigenvalue weighted by Gasteiger charge is -2.13. The number of aromatic nitrogens is 2. The zero-order valence-corrected chi connectivity index (χ0v) is 12.9. The molecular formula is C13H21N3OS2. The van der Waals surface area contributed by atoms with Gasteiger partial charge in [0.15, 0.2) is 5.82 Å². The number of hydrogen-bond acceptors (Lipinski definition) is 6. The highest BCUT2D eigenvalue weighted by Gasteiger charge is 2.32. The van der Waals surface area contributed by atoms with Crippen molar-refractivity contribution in [1.82, 2.24) is 15.5 Å². The average Bonchev–Trinajstić information content (AvgIpc) is 3.16. The van der Waals surface area contributed by atoms with Crippen LogP contribution in [0.2, 0.25) is 0 Å². The maximum Gasteiger partial charge on any atom is 0.232 e. The fraction of sp³-hybridized carbons (Fsp3) is 0.846. The van der Waals surface area contributed by atoms with Gasteiger partial charge in [0.05, 0.1) is 11.7 Å². The topological polar surface area (TPSA) is 51.0 Å². The highest BCUT2D eigenvalue weighted by atomic mass is 32.2. The van der Waals surface area contributed by atoms with Crippen LogP contribution in [-0.4, -0.2) is 40.0 Å². The molecule has 2 aliphatic rings. The van der Waals surface area contributed by atoms with Gasteiger partial charge in [0.25, 0.3) is 0 Å². The van der Waals surface area contributed by atoms with Crippen molar-refractivity contribution in [2.45, 2.75) is 48.6 Å². The maximum absolute atomic E-state index is 5.47. The maximum atomic E-state index is 5.47.